The molecular weight excluding hydrogens is 267 g/mol. The molecule has 0 bridgehead atoms. The molecule has 2 rings (SSSR count). The van der Waals surface area contributed by atoms with Crippen molar-refractivity contribution in [2.24, 2.45) is 10.7 Å². The van der Waals surface area contributed by atoms with Gasteiger partial charge in [-0.15, -0.1) is 0 Å². The summed E-state index contributed by atoms with van der Waals surface area (Å²) in [6.45, 7) is 7.40. The third-order valence-electron chi connectivity index (χ3n) is 4.09. The van der Waals surface area contributed by atoms with Gasteiger partial charge in [-0.25, -0.2) is 9.38 Å². The molecule has 0 amide bonds. The van der Waals surface area contributed by atoms with E-state index in [0.29, 0.717) is 24.1 Å². The molecule has 21 heavy (non-hydrogen) atoms. The lowest BCUT2D eigenvalue weighted by Gasteiger charge is -2.23. The molecule has 0 saturated carbocycles. The Balaban J connectivity index is 1.82. The Bertz CT molecular complexity index is 501. The summed E-state index contributed by atoms with van der Waals surface area (Å²) in [5.74, 6) is 0.234. The number of halogens is 1. The van der Waals surface area contributed by atoms with E-state index in [9.17, 15) is 4.39 Å². The normalized spacial score (nSPS) is 20.0. The molecule has 1 aliphatic rings. The number of hydrogen-bond donors (Lipinski definition) is 2. The fraction of sp³-hybridized carbons (Fsp3) is 0.562. The van der Waals surface area contributed by atoms with Gasteiger partial charge >= 0.3 is 0 Å². The number of likely N-dealkylation sites (tertiary alicyclic amines) is 1. The van der Waals surface area contributed by atoms with Crippen molar-refractivity contribution in [3.8, 4) is 0 Å². The zero-order valence-corrected chi connectivity index (χ0v) is 12.9. The van der Waals surface area contributed by atoms with Crippen LogP contribution in [0, 0.1) is 12.7 Å². The van der Waals surface area contributed by atoms with Crippen LogP contribution in [0.15, 0.2) is 23.2 Å². The van der Waals surface area contributed by atoms with Crippen LogP contribution in [-0.4, -0.2) is 36.5 Å². The molecule has 1 unspecified atom stereocenters. The minimum atomic E-state index is -0.196. The van der Waals surface area contributed by atoms with Gasteiger partial charge in [0, 0.05) is 12.6 Å². The lowest BCUT2D eigenvalue weighted by atomic mass is 10.1. The summed E-state index contributed by atoms with van der Waals surface area (Å²) in [4.78, 5) is 6.73. The molecule has 0 spiro atoms. The molecule has 0 aromatic heterocycles. The lowest BCUT2D eigenvalue weighted by Crippen LogP contribution is -2.42. The average molecular weight is 292 g/mol. The van der Waals surface area contributed by atoms with Crippen molar-refractivity contribution in [1.29, 1.82) is 0 Å². The average Bonchev–Trinajstić information content (AvgIpc) is 2.94. The number of aryl methyl sites for hydroxylation is 1. The smallest absolute Gasteiger partial charge is 0.188 e. The molecule has 1 atom stereocenters. The van der Waals surface area contributed by atoms with Gasteiger partial charge in [0.25, 0.3) is 0 Å². The van der Waals surface area contributed by atoms with E-state index in [-0.39, 0.29) is 5.82 Å². The van der Waals surface area contributed by atoms with Crippen molar-refractivity contribution < 1.29 is 4.39 Å². The van der Waals surface area contributed by atoms with Crippen LogP contribution >= 0.6 is 0 Å². The number of rotatable bonds is 5. The Kier molecular flexibility index (Phi) is 5.56. The van der Waals surface area contributed by atoms with Gasteiger partial charge in [0.2, 0.25) is 0 Å². The maximum absolute atomic E-state index is 13.4. The Labute approximate surface area is 126 Å². The number of nitrogens with one attached hydrogen (secondary N) is 1. The third kappa shape index (κ3) is 4.43. The van der Waals surface area contributed by atoms with Gasteiger partial charge in [-0.2, -0.15) is 0 Å². The van der Waals surface area contributed by atoms with Crippen LogP contribution < -0.4 is 11.1 Å². The fourth-order valence-electron chi connectivity index (χ4n) is 2.73. The summed E-state index contributed by atoms with van der Waals surface area (Å²) >= 11 is 0. The molecule has 1 heterocycles. The van der Waals surface area contributed by atoms with Crippen molar-refractivity contribution in [3.63, 3.8) is 0 Å². The van der Waals surface area contributed by atoms with E-state index in [1.807, 2.05) is 6.07 Å². The SMILES string of the molecule is CCN1CCCC1CNC(N)=NCc1ccc(C)c(F)c1. The number of nitrogens with zero attached hydrogens (tertiary/aromatic N) is 2. The van der Waals surface area contributed by atoms with Gasteiger partial charge in [0.1, 0.15) is 5.82 Å². The summed E-state index contributed by atoms with van der Waals surface area (Å²) in [5.41, 5.74) is 7.36. The predicted molar refractivity (Wildman–Crippen MR) is 84.7 cm³/mol. The number of nitrogens with two attached hydrogens (primary N) is 1. The van der Waals surface area contributed by atoms with E-state index in [1.54, 1.807) is 13.0 Å². The highest BCUT2D eigenvalue weighted by Crippen LogP contribution is 2.15. The first-order valence-corrected chi connectivity index (χ1v) is 7.63. The lowest BCUT2D eigenvalue weighted by molar-refractivity contribution is 0.267. The fourth-order valence-corrected chi connectivity index (χ4v) is 2.73. The number of guanidine groups is 1. The van der Waals surface area contributed by atoms with Gasteiger partial charge in [0.05, 0.1) is 6.54 Å². The van der Waals surface area contributed by atoms with E-state index in [2.05, 4.69) is 22.1 Å². The van der Waals surface area contributed by atoms with Crippen LogP contribution in [0.4, 0.5) is 4.39 Å². The maximum Gasteiger partial charge on any atom is 0.188 e. The summed E-state index contributed by atoms with van der Waals surface area (Å²) in [6.07, 6.45) is 2.46. The zero-order valence-electron chi connectivity index (χ0n) is 12.9. The van der Waals surface area contributed by atoms with Crippen molar-refractivity contribution >= 4 is 5.96 Å². The zero-order chi connectivity index (χ0) is 15.2. The highest BCUT2D eigenvalue weighted by molar-refractivity contribution is 5.77. The first kappa shape index (κ1) is 15.8. The monoisotopic (exact) mass is 292 g/mol. The minimum absolute atomic E-state index is 0.196. The van der Waals surface area contributed by atoms with Crippen molar-refractivity contribution in [2.45, 2.75) is 39.3 Å². The molecule has 5 heteroatoms. The van der Waals surface area contributed by atoms with E-state index >= 15 is 0 Å². The first-order valence-electron chi connectivity index (χ1n) is 7.63. The Morgan fingerprint density at radius 2 is 2.33 bits per heavy atom. The van der Waals surface area contributed by atoms with Crippen molar-refractivity contribution in [3.05, 3.63) is 35.1 Å². The molecule has 0 aliphatic carbocycles. The van der Waals surface area contributed by atoms with Crippen LogP contribution in [0.5, 0.6) is 0 Å². The van der Waals surface area contributed by atoms with Gasteiger partial charge in [-0.3, -0.25) is 4.90 Å². The van der Waals surface area contributed by atoms with Crippen molar-refractivity contribution in [1.82, 2.24) is 10.2 Å². The van der Waals surface area contributed by atoms with Crippen molar-refractivity contribution in [2.75, 3.05) is 19.6 Å². The summed E-state index contributed by atoms with van der Waals surface area (Å²) in [7, 11) is 0. The van der Waals surface area contributed by atoms with Gasteiger partial charge in [-0.1, -0.05) is 19.1 Å². The highest BCUT2D eigenvalue weighted by Gasteiger charge is 2.22. The molecule has 1 aliphatic heterocycles. The standard InChI is InChI=1S/C16H25FN4/c1-3-21-8-4-5-14(21)11-20-16(18)19-10-13-7-6-12(2)15(17)9-13/h6-7,9,14H,3-5,8,10-11H2,1-2H3,(H3,18,19,20). The predicted octanol–water partition coefficient (Wildman–Crippen LogP) is 2.02. The molecule has 0 radical (unpaired) electrons. The quantitative estimate of drug-likeness (QED) is 0.645. The second-order valence-electron chi connectivity index (χ2n) is 5.59. The number of likely N-dealkylation sites (N-methyl/N-ethyl adjacent to an activating group) is 1. The number of aliphatic imine (C=N–C) groups is 1. The van der Waals surface area contributed by atoms with E-state index in [4.69, 9.17) is 5.73 Å². The molecular formula is C16H25FN4. The molecule has 1 saturated heterocycles. The molecule has 4 nitrogen and oxygen atoms in total. The summed E-state index contributed by atoms with van der Waals surface area (Å²) < 4.78 is 13.4. The highest BCUT2D eigenvalue weighted by atomic mass is 19.1. The molecule has 1 aromatic carbocycles. The second kappa shape index (κ2) is 7.41. The molecule has 1 aromatic rings. The van der Waals surface area contributed by atoms with Crippen LogP contribution in [0.2, 0.25) is 0 Å². The number of benzene rings is 1. The minimum Gasteiger partial charge on any atom is -0.370 e. The Morgan fingerprint density at radius 1 is 1.52 bits per heavy atom. The third-order valence-corrected chi connectivity index (χ3v) is 4.09. The van der Waals surface area contributed by atoms with Crippen LogP contribution in [-0.2, 0) is 6.54 Å². The molecule has 3 N–H and O–H groups in total. The topological polar surface area (TPSA) is 53.6 Å². The maximum atomic E-state index is 13.4. The van der Waals surface area contributed by atoms with Gasteiger partial charge < -0.3 is 11.1 Å². The molecule has 1 fully saturated rings. The van der Waals surface area contributed by atoms with E-state index in [0.717, 1.165) is 18.7 Å². The van der Waals surface area contributed by atoms with E-state index < -0.39 is 0 Å². The van der Waals surface area contributed by atoms with Gasteiger partial charge in [-0.05, 0) is 50.0 Å². The summed E-state index contributed by atoms with van der Waals surface area (Å²) in [5, 5.41) is 3.18. The van der Waals surface area contributed by atoms with Crippen LogP contribution in [0.3, 0.4) is 0 Å². The second-order valence-corrected chi connectivity index (χ2v) is 5.59. The molecule has 116 valence electrons. The Morgan fingerprint density at radius 3 is 3.05 bits per heavy atom. The summed E-state index contributed by atoms with van der Waals surface area (Å²) in [6, 6.07) is 5.70. The van der Waals surface area contributed by atoms with Crippen LogP contribution in [0.1, 0.15) is 30.9 Å². The largest absolute Gasteiger partial charge is 0.370 e. The van der Waals surface area contributed by atoms with Crippen LogP contribution in [0.25, 0.3) is 0 Å². The van der Waals surface area contributed by atoms with Gasteiger partial charge in [0.15, 0.2) is 5.96 Å². The van der Waals surface area contributed by atoms with E-state index in [1.165, 1.54) is 25.5 Å². The number of hydrogen-bond acceptors (Lipinski definition) is 2. The first-order chi connectivity index (χ1) is 10.1. The Hall–Kier alpha value is -1.62.